The van der Waals surface area contributed by atoms with Crippen LogP contribution in [0.3, 0.4) is 0 Å². The second kappa shape index (κ2) is 10.5. The summed E-state index contributed by atoms with van der Waals surface area (Å²) in [4.78, 5) is 38.9. The van der Waals surface area contributed by atoms with Crippen molar-refractivity contribution in [3.63, 3.8) is 0 Å². The lowest BCUT2D eigenvalue weighted by Crippen LogP contribution is -2.50. The minimum absolute atomic E-state index is 0.0149. The maximum Gasteiger partial charge on any atom is 0.252 e. The number of rotatable bonds is 6. The molecule has 4 rings (SSSR count). The quantitative estimate of drug-likeness (QED) is 0.453. The second-order valence-corrected chi connectivity index (χ2v) is 11.2. The van der Waals surface area contributed by atoms with E-state index in [0.29, 0.717) is 29.2 Å². The summed E-state index contributed by atoms with van der Waals surface area (Å²) in [5.74, 6) is -1.27. The van der Waals surface area contributed by atoms with Gasteiger partial charge in [-0.1, -0.05) is 37.3 Å². The third-order valence-corrected chi connectivity index (χ3v) is 8.68. The van der Waals surface area contributed by atoms with Crippen molar-refractivity contribution in [3.05, 3.63) is 53.6 Å². The molecule has 1 aliphatic carbocycles. The van der Waals surface area contributed by atoms with Gasteiger partial charge in [-0.25, -0.2) is 13.3 Å². The van der Waals surface area contributed by atoms with Gasteiger partial charge in [-0.2, -0.15) is 4.31 Å². The second-order valence-electron chi connectivity index (χ2n) is 8.95. The molecule has 1 atom stereocenters. The number of amides is 3. The molecule has 1 saturated heterocycles. The lowest BCUT2D eigenvalue weighted by molar-refractivity contribution is -0.122. The number of carbonyl (C=O) groups is 3. The Morgan fingerprint density at radius 2 is 1.57 bits per heavy atom. The summed E-state index contributed by atoms with van der Waals surface area (Å²) in [6.45, 7) is 1.37. The highest BCUT2D eigenvalue weighted by molar-refractivity contribution is 7.89. The van der Waals surface area contributed by atoms with Gasteiger partial charge in [0.1, 0.15) is 6.04 Å². The molecule has 3 amide bonds. The van der Waals surface area contributed by atoms with Gasteiger partial charge >= 0.3 is 0 Å². The van der Waals surface area contributed by atoms with Crippen LogP contribution in [0.15, 0.2) is 53.4 Å². The zero-order valence-electron chi connectivity index (χ0n) is 19.4. The van der Waals surface area contributed by atoms with Crippen LogP contribution in [0.1, 0.15) is 51.9 Å². The number of carbonyl (C=O) groups excluding carboxylic acids is 3. The van der Waals surface area contributed by atoms with Crippen LogP contribution in [0, 0.1) is 0 Å². The molecule has 186 valence electrons. The van der Waals surface area contributed by atoms with Crippen molar-refractivity contribution in [2.75, 3.05) is 10.2 Å². The predicted octanol–water partition coefficient (Wildman–Crippen LogP) is 4.34. The first-order valence-corrected chi connectivity index (χ1v) is 13.5. The highest BCUT2D eigenvalue weighted by Gasteiger charge is 2.49. The first-order chi connectivity index (χ1) is 16.7. The average Bonchev–Trinajstić information content (AvgIpc) is 2.97. The Labute approximate surface area is 210 Å². The summed E-state index contributed by atoms with van der Waals surface area (Å²) in [5, 5.41) is 3.09. The Bertz CT molecular complexity index is 1210. The normalized spacial score (nSPS) is 19.7. The van der Waals surface area contributed by atoms with Crippen LogP contribution in [0.5, 0.6) is 0 Å². The van der Waals surface area contributed by atoms with E-state index < -0.39 is 27.9 Å². The monoisotopic (exact) mass is 517 g/mol. The van der Waals surface area contributed by atoms with Crippen LogP contribution in [0.2, 0.25) is 5.02 Å². The van der Waals surface area contributed by atoms with Crippen molar-refractivity contribution < 1.29 is 22.8 Å². The van der Waals surface area contributed by atoms with Gasteiger partial charge in [0.25, 0.3) is 5.91 Å². The number of benzene rings is 2. The molecule has 2 fully saturated rings. The van der Waals surface area contributed by atoms with Crippen molar-refractivity contribution in [2.24, 2.45) is 0 Å². The number of hydrogen-bond acceptors (Lipinski definition) is 5. The van der Waals surface area contributed by atoms with E-state index >= 15 is 0 Å². The molecule has 8 nitrogen and oxygen atoms in total. The van der Waals surface area contributed by atoms with E-state index in [9.17, 15) is 22.8 Å². The molecule has 0 bridgehead atoms. The summed E-state index contributed by atoms with van der Waals surface area (Å²) >= 11 is 5.95. The standard InChI is InChI=1S/C25H28ClN3O5S/c1-17(30)27-19-10-14-22(15-11-19)35(33,34)29(21-6-4-2-3-5-7-21)23-16-24(31)28(25(23)32)20-12-8-18(26)9-13-20/h8-15,21,23H,2-7,16H2,1H3,(H,27,30). The fourth-order valence-corrected chi connectivity index (χ4v) is 6.79. The van der Waals surface area contributed by atoms with Gasteiger partial charge in [-0.05, 0) is 61.4 Å². The zero-order valence-corrected chi connectivity index (χ0v) is 21.0. The Kier molecular flexibility index (Phi) is 7.59. The minimum atomic E-state index is -4.11. The van der Waals surface area contributed by atoms with Crippen LogP contribution in [0.4, 0.5) is 11.4 Å². The molecule has 10 heteroatoms. The fourth-order valence-electron chi connectivity index (χ4n) is 4.84. The van der Waals surface area contributed by atoms with E-state index in [4.69, 9.17) is 11.6 Å². The van der Waals surface area contributed by atoms with Crippen molar-refractivity contribution in [3.8, 4) is 0 Å². The summed E-state index contributed by atoms with van der Waals surface area (Å²) in [6.07, 6.45) is 4.75. The molecule has 0 aromatic heterocycles. The van der Waals surface area contributed by atoms with Gasteiger partial charge in [-0.15, -0.1) is 0 Å². The number of sulfonamides is 1. The number of nitrogens with one attached hydrogen (secondary N) is 1. The molecule has 0 spiro atoms. The molecule has 2 aromatic rings. The molecule has 1 aliphatic heterocycles. The lowest BCUT2D eigenvalue weighted by Gasteiger charge is -2.34. The van der Waals surface area contributed by atoms with E-state index in [-0.39, 0.29) is 23.3 Å². The van der Waals surface area contributed by atoms with Crippen LogP contribution >= 0.6 is 11.6 Å². The van der Waals surface area contributed by atoms with Crippen LogP contribution in [0.25, 0.3) is 0 Å². The average molecular weight is 518 g/mol. The Morgan fingerprint density at radius 3 is 2.14 bits per heavy atom. The molecule has 1 N–H and O–H groups in total. The molecular formula is C25H28ClN3O5S. The Hall–Kier alpha value is -2.75. The first kappa shape index (κ1) is 25.3. The largest absolute Gasteiger partial charge is 0.326 e. The first-order valence-electron chi connectivity index (χ1n) is 11.7. The van der Waals surface area contributed by atoms with Crippen LogP contribution in [-0.4, -0.2) is 42.5 Å². The van der Waals surface area contributed by atoms with Crippen molar-refractivity contribution in [1.29, 1.82) is 0 Å². The highest BCUT2D eigenvalue weighted by Crippen LogP contribution is 2.35. The molecule has 2 aromatic carbocycles. The van der Waals surface area contributed by atoms with Crippen LogP contribution < -0.4 is 10.2 Å². The molecule has 2 aliphatic rings. The number of hydrogen-bond donors (Lipinski definition) is 1. The molecule has 0 radical (unpaired) electrons. The maximum absolute atomic E-state index is 13.9. The molecule has 1 heterocycles. The van der Waals surface area contributed by atoms with E-state index in [2.05, 4.69) is 5.32 Å². The summed E-state index contributed by atoms with van der Waals surface area (Å²) < 4.78 is 29.2. The maximum atomic E-state index is 13.9. The Morgan fingerprint density at radius 1 is 0.971 bits per heavy atom. The van der Waals surface area contributed by atoms with Crippen molar-refractivity contribution in [1.82, 2.24) is 4.31 Å². The van der Waals surface area contributed by atoms with Gasteiger partial charge in [0.15, 0.2) is 0 Å². The summed E-state index contributed by atoms with van der Waals surface area (Å²) in [5.41, 5.74) is 0.836. The van der Waals surface area contributed by atoms with Crippen molar-refractivity contribution >= 4 is 50.7 Å². The lowest BCUT2D eigenvalue weighted by atomic mass is 10.1. The van der Waals surface area contributed by atoms with E-state index in [1.807, 2.05) is 0 Å². The SMILES string of the molecule is CC(=O)Nc1ccc(S(=O)(=O)N(C2CCCCCC2)C2CC(=O)N(c3ccc(Cl)cc3)C2=O)cc1. The van der Waals surface area contributed by atoms with Gasteiger partial charge in [0.2, 0.25) is 21.8 Å². The molecular weight excluding hydrogens is 490 g/mol. The third-order valence-electron chi connectivity index (χ3n) is 6.45. The highest BCUT2D eigenvalue weighted by atomic mass is 35.5. The Balaban J connectivity index is 1.71. The van der Waals surface area contributed by atoms with E-state index in [1.165, 1.54) is 35.5 Å². The van der Waals surface area contributed by atoms with E-state index in [1.54, 1.807) is 24.3 Å². The molecule has 1 saturated carbocycles. The van der Waals surface area contributed by atoms with Gasteiger partial charge < -0.3 is 5.32 Å². The summed E-state index contributed by atoms with van der Waals surface area (Å²) in [7, 11) is -4.11. The zero-order chi connectivity index (χ0) is 25.2. The van der Waals surface area contributed by atoms with Gasteiger partial charge in [0, 0.05) is 23.7 Å². The number of nitrogens with zero attached hydrogens (tertiary/aromatic N) is 2. The minimum Gasteiger partial charge on any atom is -0.326 e. The van der Waals surface area contributed by atoms with Gasteiger partial charge in [-0.3, -0.25) is 14.4 Å². The smallest absolute Gasteiger partial charge is 0.252 e. The number of imide groups is 1. The predicted molar refractivity (Wildman–Crippen MR) is 134 cm³/mol. The van der Waals surface area contributed by atoms with Gasteiger partial charge in [0.05, 0.1) is 17.0 Å². The van der Waals surface area contributed by atoms with Crippen LogP contribution in [-0.2, 0) is 24.4 Å². The van der Waals surface area contributed by atoms with E-state index in [0.717, 1.165) is 30.6 Å². The number of halogens is 1. The fraction of sp³-hybridized carbons (Fsp3) is 0.400. The third kappa shape index (κ3) is 5.42. The number of anilines is 2. The summed E-state index contributed by atoms with van der Waals surface area (Å²) in [6, 6.07) is 10.7. The van der Waals surface area contributed by atoms with Crippen molar-refractivity contribution in [2.45, 2.75) is 68.8 Å². The molecule has 35 heavy (non-hydrogen) atoms. The molecule has 1 unspecified atom stereocenters. The topological polar surface area (TPSA) is 104 Å².